The molecule has 5 heteroatoms. The first-order valence-corrected chi connectivity index (χ1v) is 7.22. The van der Waals surface area contributed by atoms with Crippen LogP contribution >= 0.6 is 0 Å². The molecule has 1 aromatic carbocycles. The Kier molecular flexibility index (Phi) is 4.17. The summed E-state index contributed by atoms with van der Waals surface area (Å²) in [6.45, 7) is 0.0274. The number of alkyl halides is 2. The summed E-state index contributed by atoms with van der Waals surface area (Å²) in [5.74, 6) is 0.270. The summed E-state index contributed by atoms with van der Waals surface area (Å²) in [4.78, 5) is 2.53. The van der Waals surface area contributed by atoms with Crippen LogP contribution in [0, 0.1) is 0 Å². The Morgan fingerprint density at radius 2 is 2.05 bits per heavy atom. The van der Waals surface area contributed by atoms with Gasteiger partial charge in [0.05, 0.1) is 0 Å². The lowest BCUT2D eigenvalue weighted by Gasteiger charge is -2.17. The maximum atomic E-state index is 12.3. The third kappa shape index (κ3) is 3.46. The molecule has 20 heavy (non-hydrogen) atoms. The first kappa shape index (κ1) is 13.8. The van der Waals surface area contributed by atoms with Gasteiger partial charge in [-0.1, -0.05) is 18.2 Å². The van der Waals surface area contributed by atoms with Crippen LogP contribution < -0.4 is 10.1 Å². The molecule has 3 rings (SSSR count). The Morgan fingerprint density at radius 1 is 1.25 bits per heavy atom. The van der Waals surface area contributed by atoms with E-state index in [2.05, 4.69) is 15.0 Å². The molecule has 1 aromatic rings. The Bertz CT molecular complexity index is 451. The van der Waals surface area contributed by atoms with Gasteiger partial charge < -0.3 is 10.1 Å². The van der Waals surface area contributed by atoms with E-state index in [9.17, 15) is 8.78 Å². The Balaban J connectivity index is 1.53. The van der Waals surface area contributed by atoms with Crippen molar-refractivity contribution in [2.75, 3.05) is 13.1 Å². The molecule has 1 aliphatic carbocycles. The van der Waals surface area contributed by atoms with Crippen molar-refractivity contribution in [3.8, 4) is 5.75 Å². The minimum atomic E-state index is -2.77. The van der Waals surface area contributed by atoms with Gasteiger partial charge in [-0.25, -0.2) is 0 Å². The standard InChI is InChI=1S/C15H20F2N2O/c16-15(17)20-14-4-2-1-3-11(14)9-18-12-7-8-19(10-12)13-5-6-13/h1-4,12-13,15,18H,5-10H2. The van der Waals surface area contributed by atoms with E-state index in [1.165, 1.54) is 12.8 Å². The Labute approximate surface area is 117 Å². The normalized spacial score (nSPS) is 23.4. The van der Waals surface area contributed by atoms with E-state index in [1.54, 1.807) is 12.1 Å². The molecule has 1 saturated carbocycles. The second kappa shape index (κ2) is 6.06. The van der Waals surface area contributed by atoms with Gasteiger partial charge in [-0.3, -0.25) is 4.90 Å². The number of hydrogen-bond donors (Lipinski definition) is 1. The number of nitrogens with one attached hydrogen (secondary N) is 1. The second-order valence-electron chi connectivity index (χ2n) is 5.58. The molecule has 0 spiro atoms. The molecule has 2 aliphatic rings. The number of benzene rings is 1. The van der Waals surface area contributed by atoms with Gasteiger partial charge in [-0.05, 0) is 25.3 Å². The minimum Gasteiger partial charge on any atom is -0.434 e. The molecule has 0 radical (unpaired) electrons. The molecule has 1 aliphatic heterocycles. The maximum Gasteiger partial charge on any atom is 0.387 e. The van der Waals surface area contributed by atoms with E-state index < -0.39 is 6.61 Å². The molecular formula is C15H20F2N2O. The quantitative estimate of drug-likeness (QED) is 0.868. The zero-order valence-corrected chi connectivity index (χ0v) is 11.4. The maximum absolute atomic E-state index is 12.3. The number of nitrogens with zero attached hydrogens (tertiary/aromatic N) is 1. The summed E-state index contributed by atoms with van der Waals surface area (Å²) in [5.41, 5.74) is 0.790. The number of hydrogen-bond acceptors (Lipinski definition) is 3. The van der Waals surface area contributed by atoms with E-state index >= 15 is 0 Å². The lowest BCUT2D eigenvalue weighted by molar-refractivity contribution is -0.0505. The summed E-state index contributed by atoms with van der Waals surface area (Å²) in [6, 6.07) is 8.24. The molecule has 1 saturated heterocycles. The molecule has 1 atom stereocenters. The van der Waals surface area contributed by atoms with Crippen molar-refractivity contribution >= 4 is 0 Å². The first-order chi connectivity index (χ1) is 9.72. The Hall–Kier alpha value is -1.20. The molecule has 1 heterocycles. The van der Waals surface area contributed by atoms with Gasteiger partial charge >= 0.3 is 6.61 Å². The van der Waals surface area contributed by atoms with Gasteiger partial charge in [0.1, 0.15) is 5.75 Å². The van der Waals surface area contributed by atoms with E-state index in [1.807, 2.05) is 12.1 Å². The van der Waals surface area contributed by atoms with Gasteiger partial charge in [-0.2, -0.15) is 8.78 Å². The van der Waals surface area contributed by atoms with Crippen LogP contribution in [0.3, 0.4) is 0 Å². The minimum absolute atomic E-state index is 0.270. The van der Waals surface area contributed by atoms with Crippen LogP contribution in [0.2, 0.25) is 0 Å². The second-order valence-corrected chi connectivity index (χ2v) is 5.58. The highest BCUT2D eigenvalue weighted by molar-refractivity contribution is 5.33. The van der Waals surface area contributed by atoms with E-state index in [-0.39, 0.29) is 5.75 Å². The smallest absolute Gasteiger partial charge is 0.387 e. The fourth-order valence-corrected chi connectivity index (χ4v) is 2.84. The first-order valence-electron chi connectivity index (χ1n) is 7.22. The van der Waals surface area contributed by atoms with Crippen LogP contribution in [-0.4, -0.2) is 36.7 Å². The molecule has 0 aromatic heterocycles. The topological polar surface area (TPSA) is 24.5 Å². The van der Waals surface area contributed by atoms with Gasteiger partial charge in [0, 0.05) is 37.3 Å². The highest BCUT2D eigenvalue weighted by Crippen LogP contribution is 2.30. The van der Waals surface area contributed by atoms with Crippen LogP contribution in [0.1, 0.15) is 24.8 Å². The summed E-state index contributed by atoms with van der Waals surface area (Å²) in [5, 5.41) is 3.46. The van der Waals surface area contributed by atoms with Gasteiger partial charge in [0.25, 0.3) is 0 Å². The largest absolute Gasteiger partial charge is 0.434 e. The van der Waals surface area contributed by atoms with Crippen LogP contribution in [0.15, 0.2) is 24.3 Å². The van der Waals surface area contributed by atoms with Crippen molar-refractivity contribution in [2.24, 2.45) is 0 Å². The predicted octanol–water partition coefficient (Wildman–Crippen LogP) is 2.61. The van der Waals surface area contributed by atoms with Crippen molar-refractivity contribution in [2.45, 2.75) is 44.5 Å². The third-order valence-electron chi connectivity index (χ3n) is 4.05. The zero-order chi connectivity index (χ0) is 13.9. The van der Waals surface area contributed by atoms with E-state index in [0.29, 0.717) is 12.6 Å². The van der Waals surface area contributed by atoms with E-state index in [0.717, 1.165) is 31.1 Å². The summed E-state index contributed by atoms with van der Waals surface area (Å²) in [7, 11) is 0. The third-order valence-corrected chi connectivity index (χ3v) is 4.05. The molecule has 0 bridgehead atoms. The van der Waals surface area contributed by atoms with Crippen molar-refractivity contribution in [1.29, 1.82) is 0 Å². The van der Waals surface area contributed by atoms with Crippen molar-refractivity contribution < 1.29 is 13.5 Å². The van der Waals surface area contributed by atoms with Crippen molar-refractivity contribution in [1.82, 2.24) is 10.2 Å². The fourth-order valence-electron chi connectivity index (χ4n) is 2.84. The monoisotopic (exact) mass is 282 g/mol. The average Bonchev–Trinajstić information content (AvgIpc) is 3.17. The zero-order valence-electron chi connectivity index (χ0n) is 11.4. The number of likely N-dealkylation sites (tertiary alicyclic amines) is 1. The number of rotatable bonds is 6. The van der Waals surface area contributed by atoms with Crippen LogP contribution in [0.25, 0.3) is 0 Å². The number of para-hydroxylation sites is 1. The highest BCUT2D eigenvalue weighted by atomic mass is 19.3. The van der Waals surface area contributed by atoms with Crippen molar-refractivity contribution in [3.63, 3.8) is 0 Å². The van der Waals surface area contributed by atoms with E-state index in [4.69, 9.17) is 0 Å². The average molecular weight is 282 g/mol. The molecule has 1 unspecified atom stereocenters. The molecular weight excluding hydrogens is 262 g/mol. The van der Waals surface area contributed by atoms with Gasteiger partial charge in [0.15, 0.2) is 0 Å². The van der Waals surface area contributed by atoms with Crippen LogP contribution in [0.5, 0.6) is 5.75 Å². The highest BCUT2D eigenvalue weighted by Gasteiger charge is 2.34. The van der Waals surface area contributed by atoms with Gasteiger partial charge in [0.2, 0.25) is 0 Å². The summed E-state index contributed by atoms with van der Waals surface area (Å²) >= 11 is 0. The molecule has 3 nitrogen and oxygen atoms in total. The fraction of sp³-hybridized carbons (Fsp3) is 0.600. The summed E-state index contributed by atoms with van der Waals surface area (Å²) in [6.07, 6.45) is 3.80. The predicted molar refractivity (Wildman–Crippen MR) is 72.9 cm³/mol. The lowest BCUT2D eigenvalue weighted by Crippen LogP contribution is -2.33. The molecule has 1 N–H and O–H groups in total. The number of ether oxygens (including phenoxy) is 1. The van der Waals surface area contributed by atoms with Crippen LogP contribution in [0.4, 0.5) is 8.78 Å². The van der Waals surface area contributed by atoms with Crippen molar-refractivity contribution in [3.05, 3.63) is 29.8 Å². The molecule has 110 valence electrons. The SMILES string of the molecule is FC(F)Oc1ccccc1CNC1CCN(C2CC2)C1. The molecule has 0 amide bonds. The summed E-state index contributed by atoms with van der Waals surface area (Å²) < 4.78 is 29.2. The number of halogens is 2. The lowest BCUT2D eigenvalue weighted by atomic mass is 10.2. The Morgan fingerprint density at radius 3 is 2.80 bits per heavy atom. The van der Waals surface area contributed by atoms with Crippen LogP contribution in [-0.2, 0) is 6.54 Å². The molecule has 2 fully saturated rings. The van der Waals surface area contributed by atoms with Gasteiger partial charge in [-0.15, -0.1) is 0 Å².